The van der Waals surface area contributed by atoms with E-state index >= 15 is 0 Å². The van der Waals surface area contributed by atoms with Gasteiger partial charge in [-0.05, 0) is 19.3 Å². The lowest BCUT2D eigenvalue weighted by Gasteiger charge is -2.04. The van der Waals surface area contributed by atoms with E-state index in [1.54, 1.807) is 0 Å². The van der Waals surface area contributed by atoms with Gasteiger partial charge in [-0.2, -0.15) is 4.98 Å². The van der Waals surface area contributed by atoms with E-state index in [9.17, 15) is 0 Å². The smallest absolute Gasteiger partial charge is 0.229 e. The van der Waals surface area contributed by atoms with E-state index in [0.717, 1.165) is 32.3 Å². The largest absolute Gasteiger partial charge is 0.378 e. The van der Waals surface area contributed by atoms with Crippen LogP contribution in [0, 0.1) is 0 Å². The van der Waals surface area contributed by atoms with Gasteiger partial charge in [0.15, 0.2) is 5.82 Å². The highest BCUT2D eigenvalue weighted by Gasteiger charge is 2.21. The van der Waals surface area contributed by atoms with Gasteiger partial charge >= 0.3 is 0 Å². The molecule has 0 bridgehead atoms. The van der Waals surface area contributed by atoms with Crippen LogP contribution in [0.15, 0.2) is 4.52 Å². The molecule has 16 heavy (non-hydrogen) atoms. The fourth-order valence-electron chi connectivity index (χ4n) is 1.86. The Morgan fingerprint density at radius 1 is 1.56 bits per heavy atom. The Balaban J connectivity index is 1.90. The molecule has 2 rings (SSSR count). The number of hydrogen-bond acceptors (Lipinski definition) is 4. The van der Waals surface area contributed by atoms with Crippen molar-refractivity contribution in [2.75, 3.05) is 6.61 Å². The molecule has 1 fully saturated rings. The fraction of sp³-hybridized carbons (Fsp3) is 0.818. The molecule has 0 spiro atoms. The maximum absolute atomic E-state index is 6.12. The predicted molar refractivity (Wildman–Crippen MR) is 60.5 cm³/mol. The minimum absolute atomic E-state index is 0.132. The average Bonchev–Trinajstić information content (AvgIpc) is 2.90. The molecule has 0 saturated carbocycles. The van der Waals surface area contributed by atoms with E-state index in [-0.39, 0.29) is 11.5 Å². The van der Waals surface area contributed by atoms with Gasteiger partial charge < -0.3 is 9.26 Å². The second-order valence-corrected chi connectivity index (χ2v) is 4.67. The Kier molecular flexibility index (Phi) is 4.18. The van der Waals surface area contributed by atoms with Crippen molar-refractivity contribution >= 4 is 11.6 Å². The first-order chi connectivity index (χ1) is 7.79. The Morgan fingerprint density at radius 2 is 2.44 bits per heavy atom. The number of halogens is 1. The summed E-state index contributed by atoms with van der Waals surface area (Å²) in [4.78, 5) is 4.30. The molecule has 1 saturated heterocycles. The van der Waals surface area contributed by atoms with Gasteiger partial charge in [-0.3, -0.25) is 0 Å². The number of nitrogens with zero attached hydrogens (tertiary/aromatic N) is 2. The summed E-state index contributed by atoms with van der Waals surface area (Å²) >= 11 is 6.12. The van der Waals surface area contributed by atoms with E-state index in [2.05, 4.69) is 17.1 Å². The second-order valence-electron chi connectivity index (χ2n) is 4.14. The van der Waals surface area contributed by atoms with Gasteiger partial charge in [-0.1, -0.05) is 18.5 Å². The molecule has 1 aromatic heterocycles. The molecule has 1 aliphatic heterocycles. The van der Waals surface area contributed by atoms with E-state index < -0.39 is 0 Å². The van der Waals surface area contributed by atoms with Crippen molar-refractivity contribution in [2.45, 2.75) is 50.5 Å². The van der Waals surface area contributed by atoms with Crippen molar-refractivity contribution in [3.63, 3.8) is 0 Å². The quantitative estimate of drug-likeness (QED) is 0.748. The molecule has 0 aliphatic carbocycles. The molecule has 0 aromatic carbocycles. The van der Waals surface area contributed by atoms with Crippen LogP contribution in [0.25, 0.3) is 0 Å². The molecular weight excluding hydrogens is 228 g/mol. The molecule has 0 radical (unpaired) electrons. The topological polar surface area (TPSA) is 48.2 Å². The molecule has 4 nitrogen and oxygen atoms in total. The second kappa shape index (κ2) is 5.64. The van der Waals surface area contributed by atoms with Crippen molar-refractivity contribution in [1.82, 2.24) is 10.1 Å². The summed E-state index contributed by atoms with van der Waals surface area (Å²) in [5, 5.41) is 3.77. The van der Waals surface area contributed by atoms with Crippen LogP contribution in [0.2, 0.25) is 0 Å². The summed E-state index contributed by atoms with van der Waals surface area (Å²) in [6.45, 7) is 2.93. The summed E-state index contributed by atoms with van der Waals surface area (Å²) in [5.74, 6) is 1.25. The van der Waals surface area contributed by atoms with E-state index in [4.69, 9.17) is 20.9 Å². The molecule has 2 atom stereocenters. The van der Waals surface area contributed by atoms with Crippen LogP contribution in [0.5, 0.6) is 0 Å². The average molecular weight is 245 g/mol. The molecular formula is C11H17ClN2O2. The zero-order valence-corrected chi connectivity index (χ0v) is 10.2. The third-order valence-electron chi connectivity index (χ3n) is 2.73. The number of alkyl halides is 1. The summed E-state index contributed by atoms with van der Waals surface area (Å²) in [5.41, 5.74) is 0. The van der Waals surface area contributed by atoms with Gasteiger partial charge in [0.25, 0.3) is 0 Å². The lowest BCUT2D eigenvalue weighted by Crippen LogP contribution is -2.09. The van der Waals surface area contributed by atoms with Crippen molar-refractivity contribution in [3.8, 4) is 0 Å². The van der Waals surface area contributed by atoms with Crippen LogP contribution in [0.1, 0.15) is 49.7 Å². The Labute approximate surface area is 100 Å². The van der Waals surface area contributed by atoms with Crippen molar-refractivity contribution in [3.05, 3.63) is 11.7 Å². The first-order valence-electron chi connectivity index (χ1n) is 5.87. The monoisotopic (exact) mass is 244 g/mol. The highest BCUT2D eigenvalue weighted by molar-refractivity contribution is 6.20. The number of hydrogen-bond donors (Lipinski definition) is 0. The Hall–Kier alpha value is -0.610. The lowest BCUT2D eigenvalue weighted by molar-refractivity contribution is 0.104. The third-order valence-corrected chi connectivity index (χ3v) is 3.15. The van der Waals surface area contributed by atoms with Crippen molar-refractivity contribution < 1.29 is 9.26 Å². The third kappa shape index (κ3) is 2.95. The van der Waals surface area contributed by atoms with Crippen LogP contribution < -0.4 is 0 Å². The first kappa shape index (κ1) is 11.9. The summed E-state index contributed by atoms with van der Waals surface area (Å²) in [7, 11) is 0. The molecule has 0 amide bonds. The van der Waals surface area contributed by atoms with Crippen LogP contribution in [0.4, 0.5) is 0 Å². The minimum Gasteiger partial charge on any atom is -0.378 e. The zero-order valence-electron chi connectivity index (χ0n) is 9.49. The van der Waals surface area contributed by atoms with Crippen LogP contribution in [0.3, 0.4) is 0 Å². The first-order valence-corrected chi connectivity index (χ1v) is 6.31. The predicted octanol–water partition coefficient (Wildman–Crippen LogP) is 2.87. The molecule has 1 aliphatic rings. The number of rotatable bonds is 5. The van der Waals surface area contributed by atoms with E-state index in [1.807, 2.05) is 0 Å². The summed E-state index contributed by atoms with van der Waals surface area (Å²) in [6, 6.07) is 0. The molecule has 2 unspecified atom stereocenters. The molecule has 5 heteroatoms. The standard InChI is InChI=1S/C11H17ClN2O2/c1-2-4-9(12)11-13-10(16-14-11)7-8-5-3-6-15-8/h8-9H,2-7H2,1H3. The van der Waals surface area contributed by atoms with E-state index in [0.29, 0.717) is 18.1 Å². The SMILES string of the molecule is CCCC(Cl)c1noc(CC2CCCO2)n1. The van der Waals surface area contributed by atoms with Crippen LogP contribution in [-0.4, -0.2) is 22.9 Å². The lowest BCUT2D eigenvalue weighted by atomic mass is 10.2. The van der Waals surface area contributed by atoms with Gasteiger partial charge in [-0.25, -0.2) is 0 Å². The highest BCUT2D eigenvalue weighted by Crippen LogP contribution is 2.23. The molecule has 2 heterocycles. The zero-order chi connectivity index (χ0) is 11.4. The number of ether oxygens (including phenoxy) is 1. The summed E-state index contributed by atoms with van der Waals surface area (Å²) < 4.78 is 10.7. The van der Waals surface area contributed by atoms with Crippen LogP contribution >= 0.6 is 11.6 Å². The van der Waals surface area contributed by atoms with Gasteiger partial charge in [0, 0.05) is 6.61 Å². The fourth-order valence-corrected chi connectivity index (χ4v) is 2.17. The Morgan fingerprint density at radius 3 is 3.12 bits per heavy atom. The molecule has 90 valence electrons. The van der Waals surface area contributed by atoms with Gasteiger partial charge in [0.2, 0.25) is 5.89 Å². The minimum atomic E-state index is -0.132. The van der Waals surface area contributed by atoms with Gasteiger partial charge in [0.05, 0.1) is 17.9 Å². The highest BCUT2D eigenvalue weighted by atomic mass is 35.5. The summed E-state index contributed by atoms with van der Waals surface area (Å²) in [6.07, 6.45) is 5.05. The maximum atomic E-state index is 6.12. The van der Waals surface area contributed by atoms with E-state index in [1.165, 1.54) is 0 Å². The normalized spacial score (nSPS) is 22.5. The van der Waals surface area contributed by atoms with Gasteiger partial charge in [-0.15, -0.1) is 11.6 Å². The van der Waals surface area contributed by atoms with Gasteiger partial charge in [0.1, 0.15) is 0 Å². The molecule has 0 N–H and O–H groups in total. The number of aromatic nitrogens is 2. The molecule has 1 aromatic rings. The van der Waals surface area contributed by atoms with Crippen molar-refractivity contribution in [1.29, 1.82) is 0 Å². The van der Waals surface area contributed by atoms with Crippen LogP contribution in [-0.2, 0) is 11.2 Å². The maximum Gasteiger partial charge on any atom is 0.229 e. The Bertz CT molecular complexity index is 324. The van der Waals surface area contributed by atoms with Crippen molar-refractivity contribution in [2.24, 2.45) is 0 Å².